The Balaban J connectivity index is 1.64. The second-order valence-corrected chi connectivity index (χ2v) is 9.99. The van der Waals surface area contributed by atoms with E-state index in [1.165, 1.54) is 5.56 Å². The van der Waals surface area contributed by atoms with E-state index in [0.717, 1.165) is 17.7 Å². The minimum atomic E-state index is -1.26. The van der Waals surface area contributed by atoms with Crippen LogP contribution in [0.2, 0.25) is 0 Å². The van der Waals surface area contributed by atoms with Crippen LogP contribution in [0.25, 0.3) is 0 Å². The summed E-state index contributed by atoms with van der Waals surface area (Å²) in [4.78, 5) is 40.8. The number of hydrogen-bond acceptors (Lipinski definition) is 7. The fourth-order valence-corrected chi connectivity index (χ4v) is 4.60. The number of amides is 2. The number of Topliss-reactive ketones (excluding diaryl/α,β-unsaturated/α-hetero) is 1. The van der Waals surface area contributed by atoms with Crippen LogP contribution < -0.4 is 15.5 Å². The molecule has 1 aromatic carbocycles. The lowest BCUT2D eigenvalue weighted by molar-refractivity contribution is -0.135. The molecule has 1 fully saturated rings. The van der Waals surface area contributed by atoms with Gasteiger partial charge in [-0.05, 0) is 48.8 Å². The maximum Gasteiger partial charge on any atom is 0.245 e. The second-order valence-electron chi connectivity index (χ2n) is 9.99. The molecule has 2 amide bonds. The highest BCUT2D eigenvalue weighted by molar-refractivity contribution is 5.98. The number of hydrogen-bond donors (Lipinski definition) is 4. The molecule has 2 aliphatic rings. The number of rotatable bonds is 11. The summed E-state index contributed by atoms with van der Waals surface area (Å²) < 4.78 is 5.16. The Morgan fingerprint density at radius 2 is 1.88 bits per heavy atom. The molecule has 3 unspecified atom stereocenters. The van der Waals surface area contributed by atoms with Crippen LogP contribution in [0.15, 0.2) is 18.2 Å². The van der Waals surface area contributed by atoms with E-state index in [4.69, 9.17) is 4.74 Å². The Hall–Kier alpha value is -2.49. The zero-order chi connectivity index (χ0) is 25.0. The number of benzene rings is 1. The number of nitrogens with one attached hydrogen (secondary N) is 2. The van der Waals surface area contributed by atoms with Crippen LogP contribution in [-0.2, 0) is 32.0 Å². The number of ether oxygens (including phenoxy) is 1. The molecule has 1 aliphatic heterocycles. The molecule has 9 nitrogen and oxygen atoms in total. The minimum absolute atomic E-state index is 0.0975. The van der Waals surface area contributed by atoms with Gasteiger partial charge < -0.3 is 30.5 Å². The number of anilines is 1. The van der Waals surface area contributed by atoms with Gasteiger partial charge in [-0.2, -0.15) is 0 Å². The van der Waals surface area contributed by atoms with Crippen molar-refractivity contribution in [1.29, 1.82) is 0 Å². The number of epoxide rings is 1. The SMILES string of the molecule is CC(C)CC(NC(=O)C(CO)NC(=O)C1CCc2c(cccc2N(C)C)C1)C(=O)[C@@]1(CO)CO1. The van der Waals surface area contributed by atoms with E-state index < -0.39 is 36.8 Å². The van der Waals surface area contributed by atoms with Gasteiger partial charge in [-0.1, -0.05) is 26.0 Å². The molecule has 1 aromatic rings. The first-order valence-corrected chi connectivity index (χ1v) is 11.9. The Kier molecular flexibility index (Phi) is 8.33. The maximum absolute atomic E-state index is 13.0. The molecule has 188 valence electrons. The first kappa shape index (κ1) is 26.1. The molecule has 0 spiro atoms. The fraction of sp³-hybridized carbons (Fsp3) is 0.640. The Labute approximate surface area is 200 Å². The van der Waals surface area contributed by atoms with Crippen molar-refractivity contribution in [2.45, 2.75) is 57.2 Å². The highest BCUT2D eigenvalue weighted by Gasteiger charge is 2.54. The fourth-order valence-electron chi connectivity index (χ4n) is 4.60. The molecule has 0 aromatic heterocycles. The normalized spacial score (nSPS) is 23.0. The van der Waals surface area contributed by atoms with E-state index in [1.807, 2.05) is 40.1 Å². The summed E-state index contributed by atoms with van der Waals surface area (Å²) in [5, 5.41) is 24.7. The Bertz CT molecular complexity index is 912. The van der Waals surface area contributed by atoms with Crippen molar-refractivity contribution in [3.63, 3.8) is 0 Å². The Morgan fingerprint density at radius 1 is 1.18 bits per heavy atom. The minimum Gasteiger partial charge on any atom is -0.394 e. The predicted octanol–water partition coefficient (Wildman–Crippen LogP) is 0.196. The standard InChI is InChI=1S/C25H37N3O6/c1-15(2)10-19(22(31)25(13-30)14-34-25)26-24(33)20(12-29)27-23(32)17-8-9-18-16(11-17)6-5-7-21(18)28(3)4/h5-7,15,17,19-20,29-30H,8-14H2,1-4H3,(H,26,33)(H,27,32)/t17?,19?,20?,25-/m1/s1. The van der Waals surface area contributed by atoms with Gasteiger partial charge >= 0.3 is 0 Å². The lowest BCUT2D eigenvalue weighted by Gasteiger charge is -2.29. The summed E-state index contributed by atoms with van der Waals surface area (Å²) in [7, 11) is 3.99. The zero-order valence-corrected chi connectivity index (χ0v) is 20.5. The van der Waals surface area contributed by atoms with E-state index in [1.54, 1.807) is 0 Å². The third-order valence-corrected chi connectivity index (χ3v) is 6.66. The first-order chi connectivity index (χ1) is 16.1. The van der Waals surface area contributed by atoms with Crippen LogP contribution >= 0.6 is 0 Å². The smallest absolute Gasteiger partial charge is 0.245 e. The van der Waals surface area contributed by atoms with E-state index in [-0.39, 0.29) is 30.1 Å². The van der Waals surface area contributed by atoms with Crippen molar-refractivity contribution in [2.24, 2.45) is 11.8 Å². The lowest BCUT2D eigenvalue weighted by Crippen LogP contribution is -2.56. The molecule has 0 bridgehead atoms. The van der Waals surface area contributed by atoms with Gasteiger partial charge in [-0.3, -0.25) is 14.4 Å². The van der Waals surface area contributed by atoms with Gasteiger partial charge in [-0.25, -0.2) is 0 Å². The van der Waals surface area contributed by atoms with Crippen molar-refractivity contribution < 1.29 is 29.3 Å². The maximum atomic E-state index is 13.0. The van der Waals surface area contributed by atoms with E-state index in [0.29, 0.717) is 19.3 Å². The van der Waals surface area contributed by atoms with Gasteiger partial charge in [-0.15, -0.1) is 0 Å². The molecule has 0 saturated carbocycles. The summed E-state index contributed by atoms with van der Waals surface area (Å²) in [6, 6.07) is 4.02. The van der Waals surface area contributed by atoms with Crippen molar-refractivity contribution in [3.8, 4) is 0 Å². The number of ketones is 1. The monoisotopic (exact) mass is 475 g/mol. The molecule has 3 rings (SSSR count). The summed E-state index contributed by atoms with van der Waals surface area (Å²) in [6.07, 6.45) is 2.32. The number of aliphatic hydroxyl groups excluding tert-OH is 2. The number of carbonyl (C=O) groups excluding carboxylic acids is 3. The van der Waals surface area contributed by atoms with Crippen molar-refractivity contribution >= 4 is 23.3 Å². The predicted molar refractivity (Wildman–Crippen MR) is 127 cm³/mol. The van der Waals surface area contributed by atoms with Gasteiger partial charge in [0.2, 0.25) is 11.8 Å². The van der Waals surface area contributed by atoms with Crippen LogP contribution in [-0.4, -0.2) is 79.4 Å². The third kappa shape index (κ3) is 5.76. The number of carbonyl (C=O) groups is 3. The number of fused-ring (bicyclic) bond motifs is 1. The van der Waals surface area contributed by atoms with Gasteiger partial charge in [0.25, 0.3) is 0 Å². The molecule has 0 radical (unpaired) electrons. The molecular formula is C25H37N3O6. The van der Waals surface area contributed by atoms with Crippen LogP contribution in [0.4, 0.5) is 5.69 Å². The van der Waals surface area contributed by atoms with Crippen LogP contribution in [0.3, 0.4) is 0 Å². The highest BCUT2D eigenvalue weighted by atomic mass is 16.6. The third-order valence-electron chi connectivity index (χ3n) is 6.66. The molecule has 1 heterocycles. The van der Waals surface area contributed by atoms with E-state index in [9.17, 15) is 24.6 Å². The number of nitrogens with zero attached hydrogens (tertiary/aromatic N) is 1. The molecule has 4 atom stereocenters. The summed E-state index contributed by atoms with van der Waals surface area (Å²) in [5.41, 5.74) is 2.24. The van der Waals surface area contributed by atoms with Crippen LogP contribution in [0.1, 0.15) is 37.8 Å². The average molecular weight is 476 g/mol. The summed E-state index contributed by atoms with van der Waals surface area (Å²) >= 11 is 0. The quantitative estimate of drug-likeness (QED) is 0.336. The van der Waals surface area contributed by atoms with Crippen molar-refractivity contribution in [1.82, 2.24) is 10.6 Å². The summed E-state index contributed by atoms with van der Waals surface area (Å²) in [5.74, 6) is -1.52. The topological polar surface area (TPSA) is 132 Å². The number of aliphatic hydroxyl groups is 2. The second kappa shape index (κ2) is 10.8. The van der Waals surface area contributed by atoms with Crippen molar-refractivity contribution in [2.75, 3.05) is 38.8 Å². The van der Waals surface area contributed by atoms with E-state index in [2.05, 4.69) is 21.6 Å². The molecule has 1 aliphatic carbocycles. The Morgan fingerprint density at radius 3 is 2.44 bits per heavy atom. The first-order valence-electron chi connectivity index (χ1n) is 11.9. The molecule has 34 heavy (non-hydrogen) atoms. The van der Waals surface area contributed by atoms with Crippen LogP contribution in [0, 0.1) is 11.8 Å². The molecule has 4 N–H and O–H groups in total. The zero-order valence-electron chi connectivity index (χ0n) is 20.5. The van der Waals surface area contributed by atoms with Gasteiger partial charge in [0.15, 0.2) is 11.4 Å². The van der Waals surface area contributed by atoms with Gasteiger partial charge in [0.1, 0.15) is 6.04 Å². The lowest BCUT2D eigenvalue weighted by atomic mass is 9.82. The van der Waals surface area contributed by atoms with E-state index >= 15 is 0 Å². The molecule has 1 saturated heterocycles. The largest absolute Gasteiger partial charge is 0.394 e. The summed E-state index contributed by atoms with van der Waals surface area (Å²) in [6.45, 7) is 2.91. The van der Waals surface area contributed by atoms with Crippen molar-refractivity contribution in [3.05, 3.63) is 29.3 Å². The molecular weight excluding hydrogens is 438 g/mol. The highest BCUT2D eigenvalue weighted by Crippen LogP contribution is 2.32. The molecule has 9 heteroatoms. The van der Waals surface area contributed by atoms with Gasteiger partial charge in [0, 0.05) is 25.7 Å². The van der Waals surface area contributed by atoms with Gasteiger partial charge in [0.05, 0.1) is 25.9 Å². The average Bonchev–Trinajstić information content (AvgIpc) is 3.61. The van der Waals surface area contributed by atoms with Crippen LogP contribution in [0.5, 0.6) is 0 Å².